The summed E-state index contributed by atoms with van der Waals surface area (Å²) in [6.45, 7) is 2.77. The quantitative estimate of drug-likeness (QED) is 0.714. The minimum absolute atomic E-state index is 0.150. The number of nitrogens with one attached hydrogen (secondary N) is 1. The predicted molar refractivity (Wildman–Crippen MR) is 93.7 cm³/mol. The summed E-state index contributed by atoms with van der Waals surface area (Å²) < 4.78 is 38.0. The Labute approximate surface area is 142 Å². The van der Waals surface area contributed by atoms with Gasteiger partial charge in [0, 0.05) is 12.2 Å². The molecule has 2 aromatic carbocycles. The summed E-state index contributed by atoms with van der Waals surface area (Å²) in [5, 5.41) is 0. The van der Waals surface area contributed by atoms with Crippen LogP contribution in [0.1, 0.15) is 18.9 Å². The second kappa shape index (κ2) is 8.03. The molecule has 0 bridgehead atoms. The van der Waals surface area contributed by atoms with Crippen LogP contribution in [0.2, 0.25) is 0 Å². The van der Waals surface area contributed by atoms with E-state index in [9.17, 15) is 8.42 Å². The highest BCUT2D eigenvalue weighted by atomic mass is 32.2. The molecule has 7 heteroatoms. The van der Waals surface area contributed by atoms with Gasteiger partial charge in [0.15, 0.2) is 11.5 Å². The van der Waals surface area contributed by atoms with Gasteiger partial charge in [-0.3, -0.25) is 0 Å². The molecule has 0 aliphatic carbocycles. The van der Waals surface area contributed by atoms with Crippen LogP contribution in [-0.2, 0) is 16.6 Å². The summed E-state index contributed by atoms with van der Waals surface area (Å²) in [6, 6.07) is 11.4. The fraction of sp³-hybridized carbons (Fsp3) is 0.294. The van der Waals surface area contributed by atoms with Crippen molar-refractivity contribution in [3.05, 3.63) is 48.0 Å². The number of sulfonamides is 1. The van der Waals surface area contributed by atoms with Crippen molar-refractivity contribution in [2.45, 2.75) is 24.8 Å². The maximum Gasteiger partial charge on any atom is 0.240 e. The average molecular weight is 350 g/mol. The molecule has 0 aliphatic heterocycles. The highest BCUT2D eigenvalue weighted by molar-refractivity contribution is 7.89. The lowest BCUT2D eigenvalue weighted by Gasteiger charge is -2.12. The first-order valence-electron chi connectivity index (χ1n) is 7.61. The third kappa shape index (κ3) is 4.62. The van der Waals surface area contributed by atoms with Gasteiger partial charge in [-0.1, -0.05) is 13.0 Å². The number of nitrogens with two attached hydrogens (primary N) is 1. The summed E-state index contributed by atoms with van der Waals surface area (Å²) in [4.78, 5) is 0.173. The van der Waals surface area contributed by atoms with Crippen molar-refractivity contribution in [3.8, 4) is 11.5 Å². The van der Waals surface area contributed by atoms with E-state index in [4.69, 9.17) is 15.2 Å². The molecular formula is C17H22N2O4S. The Morgan fingerprint density at radius 1 is 1.08 bits per heavy atom. The number of nitrogen functional groups attached to an aromatic ring is 1. The van der Waals surface area contributed by atoms with Gasteiger partial charge in [0.2, 0.25) is 10.0 Å². The third-order valence-electron chi connectivity index (χ3n) is 3.35. The van der Waals surface area contributed by atoms with E-state index in [1.165, 1.54) is 12.1 Å². The predicted octanol–water partition coefficient (Wildman–Crippen LogP) is 2.54. The van der Waals surface area contributed by atoms with Crippen LogP contribution >= 0.6 is 0 Å². The van der Waals surface area contributed by atoms with Gasteiger partial charge < -0.3 is 15.2 Å². The van der Waals surface area contributed by atoms with Crippen molar-refractivity contribution in [2.24, 2.45) is 0 Å². The van der Waals surface area contributed by atoms with E-state index in [0.29, 0.717) is 23.8 Å². The highest BCUT2D eigenvalue weighted by Crippen LogP contribution is 2.28. The van der Waals surface area contributed by atoms with E-state index in [1.807, 2.05) is 6.92 Å². The van der Waals surface area contributed by atoms with Crippen LogP contribution in [-0.4, -0.2) is 22.1 Å². The SMILES string of the molecule is CCCOc1ccc(CNS(=O)(=O)c2ccc(N)cc2)cc1OC. The third-order valence-corrected chi connectivity index (χ3v) is 4.76. The summed E-state index contributed by atoms with van der Waals surface area (Å²) in [7, 11) is -2.04. The first-order valence-corrected chi connectivity index (χ1v) is 9.09. The van der Waals surface area contributed by atoms with Gasteiger partial charge in [0.25, 0.3) is 0 Å². The average Bonchev–Trinajstić information content (AvgIpc) is 2.59. The number of anilines is 1. The molecule has 0 saturated heterocycles. The largest absolute Gasteiger partial charge is 0.493 e. The lowest BCUT2D eigenvalue weighted by atomic mass is 10.2. The molecule has 2 aromatic rings. The van der Waals surface area contributed by atoms with Gasteiger partial charge in [-0.2, -0.15) is 0 Å². The van der Waals surface area contributed by atoms with E-state index in [1.54, 1.807) is 37.4 Å². The van der Waals surface area contributed by atoms with Gasteiger partial charge in [-0.15, -0.1) is 0 Å². The zero-order valence-electron chi connectivity index (χ0n) is 13.8. The van der Waals surface area contributed by atoms with E-state index in [2.05, 4.69) is 4.72 Å². The molecule has 0 amide bonds. The summed E-state index contributed by atoms with van der Waals surface area (Å²) >= 11 is 0. The van der Waals surface area contributed by atoms with E-state index < -0.39 is 10.0 Å². The molecule has 0 atom stereocenters. The Balaban J connectivity index is 2.09. The van der Waals surface area contributed by atoms with Gasteiger partial charge in [-0.25, -0.2) is 13.1 Å². The zero-order chi connectivity index (χ0) is 17.6. The van der Waals surface area contributed by atoms with Crippen molar-refractivity contribution >= 4 is 15.7 Å². The molecule has 0 aliphatic rings. The maximum atomic E-state index is 12.3. The summed E-state index contributed by atoms with van der Waals surface area (Å²) in [6.07, 6.45) is 0.895. The number of hydrogen-bond donors (Lipinski definition) is 2. The number of hydrogen-bond acceptors (Lipinski definition) is 5. The molecule has 0 fully saturated rings. The molecule has 2 rings (SSSR count). The van der Waals surface area contributed by atoms with Gasteiger partial charge in [0.05, 0.1) is 18.6 Å². The lowest BCUT2D eigenvalue weighted by Crippen LogP contribution is -2.23. The molecule has 0 radical (unpaired) electrons. The lowest BCUT2D eigenvalue weighted by molar-refractivity contribution is 0.294. The van der Waals surface area contributed by atoms with Crippen LogP contribution < -0.4 is 19.9 Å². The fourth-order valence-electron chi connectivity index (χ4n) is 2.06. The van der Waals surface area contributed by atoms with Crippen LogP contribution in [0.3, 0.4) is 0 Å². The smallest absolute Gasteiger partial charge is 0.240 e. The summed E-state index contributed by atoms with van der Waals surface area (Å²) in [5.74, 6) is 1.22. The number of benzene rings is 2. The Hall–Kier alpha value is -2.25. The van der Waals surface area contributed by atoms with Crippen molar-refractivity contribution in [1.82, 2.24) is 4.72 Å². The summed E-state index contributed by atoms with van der Waals surface area (Å²) in [5.41, 5.74) is 6.86. The normalized spacial score (nSPS) is 11.2. The standard InChI is InChI=1S/C17H22N2O4S/c1-3-10-23-16-9-4-13(11-17(16)22-2)12-19-24(20,21)15-7-5-14(18)6-8-15/h4-9,11,19H,3,10,12,18H2,1-2H3. The number of ether oxygens (including phenoxy) is 2. The topological polar surface area (TPSA) is 90.7 Å². The number of methoxy groups -OCH3 is 1. The van der Waals surface area contributed by atoms with Crippen LogP contribution in [0.25, 0.3) is 0 Å². The van der Waals surface area contributed by atoms with E-state index in [-0.39, 0.29) is 11.4 Å². The Bertz CT molecular complexity index is 774. The van der Waals surface area contributed by atoms with Gasteiger partial charge >= 0.3 is 0 Å². The first-order chi connectivity index (χ1) is 11.5. The zero-order valence-corrected chi connectivity index (χ0v) is 14.6. The Morgan fingerprint density at radius 3 is 2.42 bits per heavy atom. The Kier molecular flexibility index (Phi) is 6.05. The number of rotatable bonds is 8. The van der Waals surface area contributed by atoms with Gasteiger partial charge in [0.1, 0.15) is 0 Å². The fourth-order valence-corrected chi connectivity index (χ4v) is 3.08. The molecule has 0 unspecified atom stereocenters. The molecule has 0 aromatic heterocycles. The second-order valence-electron chi connectivity index (χ2n) is 5.23. The minimum Gasteiger partial charge on any atom is -0.493 e. The molecule has 130 valence electrons. The monoisotopic (exact) mass is 350 g/mol. The molecular weight excluding hydrogens is 328 g/mol. The second-order valence-corrected chi connectivity index (χ2v) is 6.99. The molecule has 0 saturated carbocycles. The highest BCUT2D eigenvalue weighted by Gasteiger charge is 2.14. The minimum atomic E-state index is -3.60. The van der Waals surface area contributed by atoms with Crippen molar-refractivity contribution in [1.29, 1.82) is 0 Å². The van der Waals surface area contributed by atoms with Crippen LogP contribution in [0.4, 0.5) is 5.69 Å². The van der Waals surface area contributed by atoms with Gasteiger partial charge in [-0.05, 0) is 48.4 Å². The van der Waals surface area contributed by atoms with Crippen molar-refractivity contribution in [2.75, 3.05) is 19.5 Å². The van der Waals surface area contributed by atoms with Crippen molar-refractivity contribution in [3.63, 3.8) is 0 Å². The first kappa shape index (κ1) is 18.1. The van der Waals surface area contributed by atoms with E-state index in [0.717, 1.165) is 12.0 Å². The molecule has 0 spiro atoms. The van der Waals surface area contributed by atoms with E-state index >= 15 is 0 Å². The molecule has 3 N–H and O–H groups in total. The van der Waals surface area contributed by atoms with Crippen LogP contribution in [0.5, 0.6) is 11.5 Å². The van der Waals surface area contributed by atoms with Crippen molar-refractivity contribution < 1.29 is 17.9 Å². The van der Waals surface area contributed by atoms with Crippen LogP contribution in [0, 0.1) is 0 Å². The molecule has 0 heterocycles. The molecule has 6 nitrogen and oxygen atoms in total. The van der Waals surface area contributed by atoms with Crippen LogP contribution in [0.15, 0.2) is 47.4 Å². The Morgan fingerprint density at radius 2 is 1.79 bits per heavy atom. The molecule has 24 heavy (non-hydrogen) atoms. The maximum absolute atomic E-state index is 12.3.